The summed E-state index contributed by atoms with van der Waals surface area (Å²) >= 11 is 3.12. The zero-order chi connectivity index (χ0) is 17.6. The standard InChI is InChI=1S/C19H21N3OS2/c1-3-22(4-2)12-14-7-5-8-15(11-14)20-18(23)16-13-25-19(21-16)17-9-6-10-24-17/h5-11,13H,3-4,12H2,1-2H3,(H,20,23). The molecular formula is C19H21N3OS2. The topological polar surface area (TPSA) is 45.2 Å². The summed E-state index contributed by atoms with van der Waals surface area (Å²) in [5.74, 6) is -0.168. The van der Waals surface area contributed by atoms with Crippen molar-refractivity contribution >= 4 is 34.3 Å². The van der Waals surface area contributed by atoms with Gasteiger partial charge in [0.25, 0.3) is 5.91 Å². The summed E-state index contributed by atoms with van der Waals surface area (Å²) < 4.78 is 0. The number of nitrogens with one attached hydrogen (secondary N) is 1. The fraction of sp³-hybridized carbons (Fsp3) is 0.263. The van der Waals surface area contributed by atoms with Gasteiger partial charge in [-0.05, 0) is 42.2 Å². The molecule has 0 spiro atoms. The number of hydrogen-bond donors (Lipinski definition) is 1. The number of rotatable bonds is 7. The molecule has 0 unspecified atom stereocenters. The van der Waals surface area contributed by atoms with Gasteiger partial charge in [-0.25, -0.2) is 4.98 Å². The van der Waals surface area contributed by atoms with Crippen LogP contribution in [0.2, 0.25) is 0 Å². The van der Waals surface area contributed by atoms with Gasteiger partial charge in [0.1, 0.15) is 10.7 Å². The lowest BCUT2D eigenvalue weighted by Gasteiger charge is -2.18. The SMILES string of the molecule is CCN(CC)Cc1cccc(NC(=O)c2csc(-c3cccs3)n2)c1. The van der Waals surface area contributed by atoms with E-state index in [-0.39, 0.29) is 5.91 Å². The number of carbonyl (C=O) groups is 1. The Morgan fingerprint density at radius 3 is 2.72 bits per heavy atom. The Hall–Kier alpha value is -2.02. The zero-order valence-corrected chi connectivity index (χ0v) is 16.0. The minimum atomic E-state index is -0.168. The first kappa shape index (κ1) is 17.8. The molecule has 0 saturated carbocycles. The number of hydrogen-bond acceptors (Lipinski definition) is 5. The zero-order valence-electron chi connectivity index (χ0n) is 14.4. The lowest BCUT2D eigenvalue weighted by Crippen LogP contribution is -2.22. The largest absolute Gasteiger partial charge is 0.321 e. The van der Waals surface area contributed by atoms with Crippen molar-refractivity contribution in [2.24, 2.45) is 0 Å². The first-order chi connectivity index (χ1) is 12.2. The van der Waals surface area contributed by atoms with Gasteiger partial charge in [-0.15, -0.1) is 22.7 Å². The van der Waals surface area contributed by atoms with Crippen molar-refractivity contribution in [3.63, 3.8) is 0 Å². The third-order valence-corrected chi connectivity index (χ3v) is 5.84. The third-order valence-electron chi connectivity index (χ3n) is 3.95. The van der Waals surface area contributed by atoms with E-state index >= 15 is 0 Å². The van der Waals surface area contributed by atoms with Gasteiger partial charge in [-0.1, -0.05) is 32.0 Å². The summed E-state index contributed by atoms with van der Waals surface area (Å²) in [4.78, 5) is 20.4. The van der Waals surface area contributed by atoms with Crippen molar-refractivity contribution in [1.82, 2.24) is 9.88 Å². The van der Waals surface area contributed by atoms with Crippen LogP contribution < -0.4 is 5.32 Å². The summed E-state index contributed by atoms with van der Waals surface area (Å²) in [6.45, 7) is 7.22. The second-order valence-electron chi connectivity index (χ2n) is 5.63. The number of benzene rings is 1. The molecule has 2 heterocycles. The van der Waals surface area contributed by atoms with Gasteiger partial charge in [0, 0.05) is 17.6 Å². The highest BCUT2D eigenvalue weighted by molar-refractivity contribution is 7.20. The highest BCUT2D eigenvalue weighted by Crippen LogP contribution is 2.28. The fourth-order valence-corrected chi connectivity index (χ4v) is 4.15. The van der Waals surface area contributed by atoms with Crippen molar-refractivity contribution < 1.29 is 4.79 Å². The lowest BCUT2D eigenvalue weighted by atomic mass is 10.2. The van der Waals surface area contributed by atoms with Crippen molar-refractivity contribution in [2.45, 2.75) is 20.4 Å². The Kier molecular flexibility index (Phi) is 5.96. The Morgan fingerprint density at radius 1 is 1.16 bits per heavy atom. The monoisotopic (exact) mass is 371 g/mol. The van der Waals surface area contributed by atoms with Crippen molar-refractivity contribution in [3.8, 4) is 9.88 Å². The number of thiazole rings is 1. The van der Waals surface area contributed by atoms with E-state index in [4.69, 9.17) is 0 Å². The first-order valence-corrected chi connectivity index (χ1v) is 10.1. The Morgan fingerprint density at radius 2 is 2.00 bits per heavy atom. The van der Waals surface area contributed by atoms with Crippen molar-refractivity contribution in [1.29, 1.82) is 0 Å². The van der Waals surface area contributed by atoms with E-state index in [1.165, 1.54) is 16.9 Å². The molecule has 3 aromatic rings. The van der Waals surface area contributed by atoms with E-state index in [2.05, 4.69) is 35.1 Å². The Labute approximate surface area is 156 Å². The molecule has 130 valence electrons. The molecule has 2 aromatic heterocycles. The van der Waals surface area contributed by atoms with Crippen LogP contribution in [-0.2, 0) is 6.54 Å². The van der Waals surface area contributed by atoms with E-state index in [9.17, 15) is 4.79 Å². The minimum absolute atomic E-state index is 0.168. The van der Waals surface area contributed by atoms with Crippen LogP contribution in [0.3, 0.4) is 0 Å². The smallest absolute Gasteiger partial charge is 0.275 e. The maximum atomic E-state index is 12.5. The molecular weight excluding hydrogens is 350 g/mol. The second kappa shape index (κ2) is 8.38. The number of anilines is 1. The summed E-state index contributed by atoms with van der Waals surface area (Å²) in [5.41, 5.74) is 2.46. The van der Waals surface area contributed by atoms with Crippen molar-refractivity contribution in [3.05, 3.63) is 58.4 Å². The molecule has 1 aromatic carbocycles. The molecule has 0 aliphatic carbocycles. The predicted octanol–water partition coefficient (Wildman–Crippen LogP) is 4.97. The normalized spacial score (nSPS) is 11.0. The summed E-state index contributed by atoms with van der Waals surface area (Å²) in [5, 5.41) is 7.66. The summed E-state index contributed by atoms with van der Waals surface area (Å²) in [6, 6.07) is 12.0. The maximum absolute atomic E-state index is 12.5. The number of carbonyl (C=O) groups excluding carboxylic acids is 1. The molecule has 0 aliphatic heterocycles. The highest BCUT2D eigenvalue weighted by atomic mass is 32.1. The van der Waals surface area contributed by atoms with Crippen LogP contribution >= 0.6 is 22.7 Å². The van der Waals surface area contributed by atoms with Gasteiger partial charge in [0.15, 0.2) is 0 Å². The molecule has 25 heavy (non-hydrogen) atoms. The van der Waals surface area contributed by atoms with Gasteiger partial charge in [0.05, 0.1) is 4.88 Å². The van der Waals surface area contributed by atoms with Crippen LogP contribution in [0.1, 0.15) is 29.9 Å². The van der Waals surface area contributed by atoms with Gasteiger partial charge in [0.2, 0.25) is 0 Å². The van der Waals surface area contributed by atoms with Gasteiger partial charge < -0.3 is 5.32 Å². The summed E-state index contributed by atoms with van der Waals surface area (Å²) in [7, 11) is 0. The molecule has 0 radical (unpaired) electrons. The van der Waals surface area contributed by atoms with E-state index in [1.54, 1.807) is 11.3 Å². The quantitative estimate of drug-likeness (QED) is 0.638. The Bertz CT molecular complexity index is 823. The average molecular weight is 372 g/mol. The number of aromatic nitrogens is 1. The van der Waals surface area contributed by atoms with Crippen LogP contribution in [0.5, 0.6) is 0 Å². The summed E-state index contributed by atoms with van der Waals surface area (Å²) in [6.07, 6.45) is 0. The molecule has 6 heteroatoms. The number of amides is 1. The average Bonchev–Trinajstić information content (AvgIpc) is 3.31. The molecule has 1 amide bonds. The number of thiophene rings is 1. The minimum Gasteiger partial charge on any atom is -0.321 e. The van der Waals surface area contributed by atoms with Gasteiger partial charge in [-0.3, -0.25) is 9.69 Å². The molecule has 3 rings (SSSR count). The van der Waals surface area contributed by atoms with Crippen LogP contribution in [0, 0.1) is 0 Å². The molecule has 0 bridgehead atoms. The molecule has 0 saturated heterocycles. The maximum Gasteiger partial charge on any atom is 0.275 e. The molecule has 0 atom stereocenters. The highest BCUT2D eigenvalue weighted by Gasteiger charge is 2.13. The van der Waals surface area contributed by atoms with E-state index in [1.807, 2.05) is 41.1 Å². The van der Waals surface area contributed by atoms with Crippen LogP contribution in [0.4, 0.5) is 5.69 Å². The Balaban J connectivity index is 1.69. The number of nitrogens with zero attached hydrogens (tertiary/aromatic N) is 2. The molecule has 0 aliphatic rings. The van der Waals surface area contributed by atoms with E-state index in [0.29, 0.717) is 5.69 Å². The van der Waals surface area contributed by atoms with Crippen molar-refractivity contribution in [2.75, 3.05) is 18.4 Å². The lowest BCUT2D eigenvalue weighted by molar-refractivity contribution is 0.102. The first-order valence-electron chi connectivity index (χ1n) is 8.31. The predicted molar refractivity (Wildman–Crippen MR) is 106 cm³/mol. The molecule has 1 N–H and O–H groups in total. The second-order valence-corrected chi connectivity index (χ2v) is 7.44. The third kappa shape index (κ3) is 4.54. The molecule has 4 nitrogen and oxygen atoms in total. The van der Waals surface area contributed by atoms with Crippen LogP contribution in [-0.4, -0.2) is 28.9 Å². The van der Waals surface area contributed by atoms with Gasteiger partial charge >= 0.3 is 0 Å². The van der Waals surface area contributed by atoms with Crippen LogP contribution in [0.15, 0.2) is 47.2 Å². The molecule has 0 fully saturated rings. The van der Waals surface area contributed by atoms with E-state index in [0.717, 1.165) is 35.2 Å². The fourth-order valence-electron chi connectivity index (χ4n) is 2.54. The van der Waals surface area contributed by atoms with E-state index < -0.39 is 0 Å². The van der Waals surface area contributed by atoms with Crippen LogP contribution in [0.25, 0.3) is 9.88 Å². The van der Waals surface area contributed by atoms with Gasteiger partial charge in [-0.2, -0.15) is 0 Å².